The summed E-state index contributed by atoms with van der Waals surface area (Å²) in [6.45, 7) is 4.17. The monoisotopic (exact) mass is 536 g/mol. The molecule has 4 heterocycles. The minimum absolute atomic E-state index is 0.0116. The van der Waals surface area contributed by atoms with Crippen molar-refractivity contribution in [2.24, 2.45) is 0 Å². The zero-order valence-electron chi connectivity index (χ0n) is 21.5. The van der Waals surface area contributed by atoms with Crippen LogP contribution in [0.3, 0.4) is 0 Å². The van der Waals surface area contributed by atoms with Crippen LogP contribution in [0.1, 0.15) is 56.3 Å². The molecule has 4 aromatic rings. The average molecular weight is 537 g/mol. The van der Waals surface area contributed by atoms with Gasteiger partial charge in [0.05, 0.1) is 19.0 Å². The number of aromatic nitrogens is 7. The third-order valence-electron chi connectivity index (χ3n) is 6.52. The van der Waals surface area contributed by atoms with Crippen molar-refractivity contribution in [1.29, 1.82) is 0 Å². The van der Waals surface area contributed by atoms with Crippen molar-refractivity contribution < 1.29 is 13.2 Å². The van der Waals surface area contributed by atoms with Crippen LogP contribution in [0.15, 0.2) is 40.7 Å². The molecule has 1 unspecified atom stereocenters. The number of nitrogens with one attached hydrogen (secondary N) is 1. The minimum atomic E-state index is -3.39. The molecule has 0 aliphatic heterocycles. The van der Waals surface area contributed by atoms with Gasteiger partial charge in [0.1, 0.15) is 17.4 Å². The molecule has 1 saturated carbocycles. The first-order valence-electron chi connectivity index (χ1n) is 12.3. The summed E-state index contributed by atoms with van der Waals surface area (Å²) in [6.07, 6.45) is 8.38. The summed E-state index contributed by atoms with van der Waals surface area (Å²) in [5.74, 6) is 1.22. The summed E-state index contributed by atoms with van der Waals surface area (Å²) in [6, 6.07) is 2.92. The van der Waals surface area contributed by atoms with Gasteiger partial charge in [-0.1, -0.05) is 13.0 Å². The van der Waals surface area contributed by atoms with Crippen LogP contribution >= 0.6 is 0 Å². The second-order valence-electron chi connectivity index (χ2n) is 9.34. The molecule has 0 saturated heterocycles. The van der Waals surface area contributed by atoms with E-state index in [0.29, 0.717) is 46.3 Å². The highest BCUT2D eigenvalue weighted by atomic mass is 32.2. The van der Waals surface area contributed by atoms with E-state index >= 15 is 0 Å². The van der Waals surface area contributed by atoms with Crippen LogP contribution in [0.5, 0.6) is 5.88 Å². The smallest absolute Gasteiger partial charge is 0.295 e. The van der Waals surface area contributed by atoms with Crippen molar-refractivity contribution in [3.05, 3.63) is 52.5 Å². The first-order valence-corrected chi connectivity index (χ1v) is 14.2. The van der Waals surface area contributed by atoms with Gasteiger partial charge >= 0.3 is 0 Å². The van der Waals surface area contributed by atoms with Crippen LogP contribution in [0.4, 0.5) is 5.82 Å². The number of hydrogen-bond donors (Lipinski definition) is 1. The van der Waals surface area contributed by atoms with Gasteiger partial charge in [-0.25, -0.2) is 38.3 Å². The highest BCUT2D eigenvalue weighted by molar-refractivity contribution is 7.90. The van der Waals surface area contributed by atoms with Gasteiger partial charge in [0.2, 0.25) is 5.88 Å². The van der Waals surface area contributed by atoms with Crippen molar-refractivity contribution in [3.63, 3.8) is 0 Å². The third-order valence-corrected chi connectivity index (χ3v) is 7.53. The summed E-state index contributed by atoms with van der Waals surface area (Å²) >= 11 is 0. The van der Waals surface area contributed by atoms with Crippen LogP contribution in [-0.2, 0) is 16.4 Å². The van der Waals surface area contributed by atoms with Crippen molar-refractivity contribution in [1.82, 2.24) is 34.5 Å². The first kappa shape index (κ1) is 25.6. The van der Waals surface area contributed by atoms with E-state index in [4.69, 9.17) is 9.72 Å². The van der Waals surface area contributed by atoms with Gasteiger partial charge < -0.3 is 10.1 Å². The Balaban J connectivity index is 1.56. The van der Waals surface area contributed by atoms with E-state index in [2.05, 4.69) is 30.2 Å². The molecule has 4 aromatic heterocycles. The molecule has 12 nitrogen and oxygen atoms in total. The van der Waals surface area contributed by atoms with Crippen LogP contribution in [0.2, 0.25) is 0 Å². The van der Waals surface area contributed by atoms with Crippen molar-refractivity contribution >= 4 is 26.8 Å². The number of hydrogen-bond acceptors (Lipinski definition) is 11. The minimum Gasteiger partial charge on any atom is -0.480 e. The molecule has 13 heteroatoms. The molecule has 198 valence electrons. The number of sulfone groups is 1. The van der Waals surface area contributed by atoms with Crippen LogP contribution in [-0.4, -0.2) is 56.3 Å². The SMILES string of the molecule is CCC(C)n1c(=O)c(NCc2ccc(S(C)(=O)=O)nc2)nc2cnc(-c3c(OC)ncnc3C3CC3)nc21. The molecule has 1 aliphatic rings. The van der Waals surface area contributed by atoms with E-state index in [9.17, 15) is 13.2 Å². The number of methoxy groups -OCH3 is 1. The maximum atomic E-state index is 13.6. The maximum Gasteiger partial charge on any atom is 0.295 e. The van der Waals surface area contributed by atoms with Crippen molar-refractivity contribution in [2.75, 3.05) is 18.7 Å². The Kier molecular flexibility index (Phi) is 6.78. The Labute approximate surface area is 219 Å². The highest BCUT2D eigenvalue weighted by Crippen LogP contribution is 2.44. The molecule has 0 amide bonds. The lowest BCUT2D eigenvalue weighted by Crippen LogP contribution is -2.28. The number of anilines is 1. The molecule has 1 N–H and O–H groups in total. The van der Waals surface area contributed by atoms with Gasteiger partial charge in [0.25, 0.3) is 5.56 Å². The quantitative estimate of drug-likeness (QED) is 0.336. The molecule has 5 rings (SSSR count). The molecule has 0 aromatic carbocycles. The zero-order chi connectivity index (χ0) is 27.0. The molecular formula is C25H28N8O4S. The van der Waals surface area contributed by atoms with E-state index in [-0.39, 0.29) is 29.0 Å². The molecule has 0 radical (unpaired) electrons. The van der Waals surface area contributed by atoms with E-state index in [1.807, 2.05) is 13.8 Å². The fraction of sp³-hybridized carbons (Fsp3) is 0.400. The van der Waals surface area contributed by atoms with Crippen LogP contribution in [0, 0.1) is 0 Å². The Morgan fingerprint density at radius 3 is 2.55 bits per heavy atom. The Morgan fingerprint density at radius 2 is 1.92 bits per heavy atom. The summed E-state index contributed by atoms with van der Waals surface area (Å²) < 4.78 is 30.5. The van der Waals surface area contributed by atoms with E-state index in [1.54, 1.807) is 23.9 Å². The summed E-state index contributed by atoms with van der Waals surface area (Å²) in [5.41, 5.74) is 2.71. The summed E-state index contributed by atoms with van der Waals surface area (Å²) in [4.78, 5) is 40.2. The van der Waals surface area contributed by atoms with Crippen LogP contribution < -0.4 is 15.6 Å². The number of ether oxygens (including phenoxy) is 1. The number of rotatable bonds is 9. The summed E-state index contributed by atoms with van der Waals surface area (Å²) in [7, 11) is -1.85. The fourth-order valence-electron chi connectivity index (χ4n) is 4.16. The second kappa shape index (κ2) is 10.0. The Bertz CT molecular complexity index is 1670. The average Bonchev–Trinajstić information content (AvgIpc) is 3.76. The standard InChI is InChI=1S/C25H28N8O4S/c1-5-14(2)33-23-17(12-28-21(32-23)19-20(16-7-8-16)29-13-30-24(19)37-3)31-22(25(33)34)27-11-15-6-9-18(26-10-15)38(4,35)36/h6,9-10,12-14,16H,5,7-8,11H2,1-4H3,(H,27,31). The van der Waals surface area contributed by atoms with Gasteiger partial charge in [0, 0.05) is 31.0 Å². The van der Waals surface area contributed by atoms with E-state index in [1.165, 1.54) is 18.6 Å². The molecule has 0 spiro atoms. The lowest BCUT2D eigenvalue weighted by atomic mass is 10.1. The van der Waals surface area contributed by atoms with E-state index < -0.39 is 9.84 Å². The lowest BCUT2D eigenvalue weighted by Gasteiger charge is -2.18. The number of pyridine rings is 1. The molecular weight excluding hydrogens is 508 g/mol. The fourth-order valence-corrected chi connectivity index (χ4v) is 4.72. The van der Waals surface area contributed by atoms with Gasteiger partial charge in [-0.05, 0) is 37.8 Å². The number of fused-ring (bicyclic) bond motifs is 1. The second-order valence-corrected chi connectivity index (χ2v) is 11.3. The largest absolute Gasteiger partial charge is 0.480 e. The van der Waals surface area contributed by atoms with Gasteiger partial charge in [-0.3, -0.25) is 9.36 Å². The number of nitrogens with zero attached hydrogens (tertiary/aromatic N) is 7. The maximum absolute atomic E-state index is 13.6. The molecule has 1 aliphatic carbocycles. The van der Waals surface area contributed by atoms with Crippen molar-refractivity contribution in [2.45, 2.75) is 56.6 Å². The molecule has 0 bridgehead atoms. The van der Waals surface area contributed by atoms with Gasteiger partial charge in [-0.15, -0.1) is 0 Å². The molecule has 1 fully saturated rings. The van der Waals surface area contributed by atoms with Crippen molar-refractivity contribution in [3.8, 4) is 17.3 Å². The first-order chi connectivity index (χ1) is 18.2. The topological polar surface area (TPSA) is 155 Å². The molecule has 38 heavy (non-hydrogen) atoms. The predicted octanol–water partition coefficient (Wildman–Crippen LogP) is 2.91. The third kappa shape index (κ3) is 4.93. The van der Waals surface area contributed by atoms with Crippen LogP contribution in [0.25, 0.3) is 22.6 Å². The van der Waals surface area contributed by atoms with E-state index in [0.717, 1.165) is 24.8 Å². The summed E-state index contributed by atoms with van der Waals surface area (Å²) in [5, 5.41) is 3.05. The highest BCUT2D eigenvalue weighted by Gasteiger charge is 2.31. The Morgan fingerprint density at radius 1 is 1.13 bits per heavy atom. The normalized spacial score (nSPS) is 14.4. The molecule has 1 atom stereocenters. The lowest BCUT2D eigenvalue weighted by molar-refractivity contribution is 0.397. The van der Waals surface area contributed by atoms with Gasteiger partial charge in [-0.2, -0.15) is 0 Å². The predicted molar refractivity (Wildman–Crippen MR) is 141 cm³/mol. The van der Waals surface area contributed by atoms with Gasteiger partial charge in [0.15, 0.2) is 32.2 Å². The Hall–Kier alpha value is -4.00. The zero-order valence-corrected chi connectivity index (χ0v) is 22.4.